The largest absolute Gasteiger partial charge is 0.436 e. The molecule has 3 aliphatic heterocycles. The Hall–Kier alpha value is -4.52. The number of nitrogens with zero attached hydrogens (tertiary/aromatic N) is 4. The van der Waals surface area contributed by atoms with E-state index in [1.54, 1.807) is 17.3 Å². The summed E-state index contributed by atoms with van der Waals surface area (Å²) in [5.41, 5.74) is 1.17. The number of carbonyl (C=O) groups excluding carboxylic acids is 3. The molecule has 0 bridgehead atoms. The van der Waals surface area contributed by atoms with Gasteiger partial charge in [-0.3, -0.25) is 14.6 Å². The molecule has 1 atom stereocenters. The normalized spacial score (nSPS) is 18.2. The Morgan fingerprint density at radius 1 is 1.02 bits per heavy atom. The van der Waals surface area contributed by atoms with Crippen LogP contribution in [0.2, 0.25) is 5.02 Å². The Kier molecular flexibility index (Phi) is 9.41. The van der Waals surface area contributed by atoms with E-state index >= 15 is 0 Å². The molecule has 254 valence electrons. The number of likely N-dealkylation sites (tertiary alicyclic amines) is 1. The standard InChI is InChI=1S/C34H36ClF3N6O4/c1-39-30-25(34(36,37)38)18-22(19-26(30)35)20-28(31(46)43-16-14-42(15-17-43)23-6-10-40-11-7-23)48-32(47)44-12-8-33(9-13-44)21-29(45)41-27-5-3-2-4-24(27)33/h2-7,10-11,18-19,28,39H,8-9,12-17,20-21H2,1H3,(H,41,45)/t28-/m1/s1. The van der Waals surface area contributed by atoms with Gasteiger partial charge in [0.05, 0.1) is 16.3 Å². The van der Waals surface area contributed by atoms with E-state index in [9.17, 15) is 27.6 Å². The summed E-state index contributed by atoms with van der Waals surface area (Å²) in [7, 11) is 1.34. The smallest absolute Gasteiger partial charge is 0.418 e. The van der Waals surface area contributed by atoms with Gasteiger partial charge in [0, 0.05) is 88.3 Å². The number of rotatable bonds is 6. The molecule has 1 spiro atoms. The Morgan fingerprint density at radius 2 is 1.71 bits per heavy atom. The third-order valence-electron chi connectivity index (χ3n) is 9.51. The van der Waals surface area contributed by atoms with Crippen LogP contribution in [0.3, 0.4) is 0 Å². The SMILES string of the molecule is CNc1c(Cl)cc(C[C@@H](OC(=O)N2CCC3(CC2)CC(=O)Nc2ccccc23)C(=O)N2CCN(c3ccncc3)CC2)cc1C(F)(F)F. The summed E-state index contributed by atoms with van der Waals surface area (Å²) in [6.45, 7) is 2.26. The Morgan fingerprint density at radius 3 is 2.38 bits per heavy atom. The molecule has 3 aromatic rings. The van der Waals surface area contributed by atoms with Gasteiger partial charge < -0.3 is 30.1 Å². The molecule has 2 aromatic carbocycles. The maximum atomic E-state index is 14.0. The first-order valence-electron chi connectivity index (χ1n) is 15.8. The van der Waals surface area contributed by atoms with Crippen LogP contribution in [0, 0.1) is 0 Å². The van der Waals surface area contributed by atoms with Gasteiger partial charge in [-0.05, 0) is 54.3 Å². The van der Waals surface area contributed by atoms with Crippen molar-refractivity contribution in [2.75, 3.05) is 61.8 Å². The van der Waals surface area contributed by atoms with E-state index in [0.717, 1.165) is 23.0 Å². The molecule has 0 radical (unpaired) electrons. The minimum Gasteiger partial charge on any atom is -0.436 e. The second-order valence-electron chi connectivity index (χ2n) is 12.4. The molecular formula is C34H36ClF3N6O4. The number of pyridine rings is 1. The fourth-order valence-corrected chi connectivity index (χ4v) is 7.34. The van der Waals surface area contributed by atoms with Crippen molar-refractivity contribution in [1.29, 1.82) is 0 Å². The molecule has 2 saturated heterocycles. The van der Waals surface area contributed by atoms with Crippen LogP contribution in [-0.2, 0) is 32.3 Å². The number of amides is 3. The van der Waals surface area contributed by atoms with Crippen molar-refractivity contribution in [3.05, 3.63) is 82.6 Å². The zero-order chi connectivity index (χ0) is 34.1. The van der Waals surface area contributed by atoms with Crippen molar-refractivity contribution in [2.24, 2.45) is 0 Å². The maximum absolute atomic E-state index is 14.0. The summed E-state index contributed by atoms with van der Waals surface area (Å²) < 4.78 is 47.8. The first-order chi connectivity index (χ1) is 23.0. The number of benzene rings is 2. The lowest BCUT2D eigenvalue weighted by Gasteiger charge is -2.44. The van der Waals surface area contributed by atoms with Gasteiger partial charge in [0.15, 0.2) is 6.10 Å². The number of anilines is 3. The number of hydrogen-bond donors (Lipinski definition) is 2. The van der Waals surface area contributed by atoms with Crippen molar-refractivity contribution < 1.29 is 32.3 Å². The monoisotopic (exact) mass is 684 g/mol. The number of fused-ring (bicyclic) bond motifs is 2. The van der Waals surface area contributed by atoms with Crippen LogP contribution < -0.4 is 15.5 Å². The molecule has 48 heavy (non-hydrogen) atoms. The van der Waals surface area contributed by atoms with E-state index in [1.165, 1.54) is 18.0 Å². The minimum absolute atomic E-state index is 0.0828. The summed E-state index contributed by atoms with van der Waals surface area (Å²) in [4.78, 5) is 49.4. The van der Waals surface area contributed by atoms with Gasteiger partial charge in [-0.15, -0.1) is 0 Å². The molecule has 3 amide bonds. The average molecular weight is 685 g/mol. The van der Waals surface area contributed by atoms with Crippen molar-refractivity contribution in [1.82, 2.24) is 14.8 Å². The quantitative estimate of drug-likeness (QED) is 0.350. The number of ether oxygens (including phenoxy) is 1. The molecule has 2 N–H and O–H groups in total. The number of alkyl halides is 3. The van der Waals surface area contributed by atoms with Gasteiger partial charge in [-0.1, -0.05) is 29.8 Å². The lowest BCUT2D eigenvalue weighted by atomic mass is 9.68. The van der Waals surface area contributed by atoms with Gasteiger partial charge in [0.25, 0.3) is 5.91 Å². The van der Waals surface area contributed by atoms with Crippen molar-refractivity contribution in [2.45, 2.75) is 43.4 Å². The molecular weight excluding hydrogens is 649 g/mol. The summed E-state index contributed by atoms with van der Waals surface area (Å²) in [6, 6.07) is 13.7. The Bertz CT molecular complexity index is 1680. The van der Waals surface area contributed by atoms with Crippen LogP contribution in [0.15, 0.2) is 60.9 Å². The lowest BCUT2D eigenvalue weighted by Crippen LogP contribution is -2.54. The lowest BCUT2D eigenvalue weighted by molar-refractivity contribution is -0.141. The van der Waals surface area contributed by atoms with Gasteiger partial charge >= 0.3 is 12.3 Å². The van der Waals surface area contributed by atoms with E-state index in [0.29, 0.717) is 45.4 Å². The molecule has 0 unspecified atom stereocenters. The third kappa shape index (κ3) is 6.87. The first kappa shape index (κ1) is 33.4. The molecule has 1 aromatic heterocycles. The van der Waals surface area contributed by atoms with Gasteiger partial charge in [-0.25, -0.2) is 4.79 Å². The molecule has 0 aliphatic carbocycles. The zero-order valence-electron chi connectivity index (χ0n) is 26.4. The molecule has 6 rings (SSSR count). The van der Waals surface area contributed by atoms with Gasteiger partial charge in [0.1, 0.15) is 0 Å². The fourth-order valence-electron chi connectivity index (χ4n) is 7.01. The number of piperidine rings is 1. The number of piperazine rings is 1. The molecule has 14 heteroatoms. The summed E-state index contributed by atoms with van der Waals surface area (Å²) in [5, 5.41) is 5.25. The van der Waals surface area contributed by atoms with E-state index in [2.05, 4.69) is 20.5 Å². The number of hydrogen-bond acceptors (Lipinski definition) is 7. The molecule has 4 heterocycles. The fraction of sp³-hybridized carbons (Fsp3) is 0.412. The number of carbonyl (C=O) groups is 3. The predicted molar refractivity (Wildman–Crippen MR) is 175 cm³/mol. The predicted octanol–water partition coefficient (Wildman–Crippen LogP) is 5.57. The van der Waals surface area contributed by atoms with Crippen LogP contribution in [0.5, 0.6) is 0 Å². The molecule has 0 saturated carbocycles. The Balaban J connectivity index is 1.20. The first-order valence-corrected chi connectivity index (χ1v) is 16.2. The average Bonchev–Trinajstić information content (AvgIpc) is 3.07. The number of aromatic nitrogens is 1. The second-order valence-corrected chi connectivity index (χ2v) is 12.8. The van der Waals surface area contributed by atoms with E-state index in [1.807, 2.05) is 36.4 Å². The summed E-state index contributed by atoms with van der Waals surface area (Å²) in [6.07, 6.45) is -2.44. The summed E-state index contributed by atoms with van der Waals surface area (Å²) in [5.74, 6) is -0.577. The van der Waals surface area contributed by atoms with Crippen LogP contribution >= 0.6 is 11.6 Å². The van der Waals surface area contributed by atoms with Crippen molar-refractivity contribution in [3.8, 4) is 0 Å². The number of halogens is 4. The van der Waals surface area contributed by atoms with E-state index < -0.39 is 35.3 Å². The highest BCUT2D eigenvalue weighted by molar-refractivity contribution is 6.33. The number of para-hydroxylation sites is 1. The molecule has 3 aliphatic rings. The van der Waals surface area contributed by atoms with Gasteiger partial charge in [0.2, 0.25) is 5.91 Å². The number of nitrogens with one attached hydrogen (secondary N) is 2. The second kappa shape index (κ2) is 13.5. The maximum Gasteiger partial charge on any atom is 0.418 e. The summed E-state index contributed by atoms with van der Waals surface area (Å²) >= 11 is 6.26. The van der Waals surface area contributed by atoms with Crippen LogP contribution in [0.4, 0.5) is 35.0 Å². The molecule has 2 fully saturated rings. The van der Waals surface area contributed by atoms with Gasteiger partial charge in [-0.2, -0.15) is 13.2 Å². The zero-order valence-corrected chi connectivity index (χ0v) is 27.1. The third-order valence-corrected chi connectivity index (χ3v) is 9.81. The van der Waals surface area contributed by atoms with Crippen molar-refractivity contribution in [3.63, 3.8) is 0 Å². The van der Waals surface area contributed by atoms with E-state index in [4.69, 9.17) is 16.3 Å². The van der Waals surface area contributed by atoms with Crippen LogP contribution in [0.1, 0.15) is 36.0 Å². The van der Waals surface area contributed by atoms with E-state index in [-0.39, 0.29) is 41.7 Å². The van der Waals surface area contributed by atoms with Crippen LogP contribution in [0.25, 0.3) is 0 Å². The highest BCUT2D eigenvalue weighted by Gasteiger charge is 2.44. The molecule has 10 nitrogen and oxygen atoms in total. The van der Waals surface area contributed by atoms with Crippen molar-refractivity contribution >= 4 is 46.6 Å². The topological polar surface area (TPSA) is 107 Å². The Labute approximate surface area is 281 Å². The minimum atomic E-state index is -4.71. The highest BCUT2D eigenvalue weighted by Crippen LogP contribution is 2.45. The van der Waals surface area contributed by atoms with Crippen LogP contribution in [-0.4, -0.2) is 85.1 Å². The highest BCUT2D eigenvalue weighted by atomic mass is 35.5.